The summed E-state index contributed by atoms with van der Waals surface area (Å²) in [5.74, 6) is -0.232. The molecule has 0 spiro atoms. The van der Waals surface area contributed by atoms with E-state index in [0.29, 0.717) is 12.8 Å². The third-order valence-electron chi connectivity index (χ3n) is 6.67. The first-order valence-corrected chi connectivity index (χ1v) is 16.3. The number of carbonyl (C=O) groups is 1. The first-order valence-electron chi connectivity index (χ1n) is 10.7. The van der Waals surface area contributed by atoms with E-state index in [9.17, 15) is 4.79 Å². The molecule has 1 aliphatic carbocycles. The van der Waals surface area contributed by atoms with Crippen molar-refractivity contribution in [2.75, 3.05) is 12.8 Å². The fourth-order valence-electron chi connectivity index (χ4n) is 2.73. The molecule has 0 radical (unpaired) electrons. The van der Waals surface area contributed by atoms with Crippen LogP contribution in [0.4, 0.5) is 0 Å². The van der Waals surface area contributed by atoms with E-state index < -0.39 is 16.6 Å². The zero-order chi connectivity index (χ0) is 21.8. The minimum absolute atomic E-state index is 0.0417. The van der Waals surface area contributed by atoms with Crippen LogP contribution in [0.5, 0.6) is 0 Å². The van der Waals surface area contributed by atoms with Crippen LogP contribution >= 0.6 is 0 Å². The van der Waals surface area contributed by atoms with Gasteiger partial charge in [0.05, 0.1) is 12.8 Å². The Labute approximate surface area is 175 Å². The van der Waals surface area contributed by atoms with Gasteiger partial charge in [-0.25, -0.2) is 4.79 Å². The van der Waals surface area contributed by atoms with Gasteiger partial charge in [0.1, 0.15) is 6.10 Å². The highest BCUT2D eigenvalue weighted by Crippen LogP contribution is 2.41. The fourth-order valence-corrected chi connectivity index (χ4v) is 7.20. The van der Waals surface area contributed by atoms with E-state index >= 15 is 0 Å². The maximum Gasteiger partial charge on any atom is 0.331 e. The maximum absolute atomic E-state index is 12.1. The highest BCUT2D eigenvalue weighted by molar-refractivity contribution is 6.78. The molecule has 0 N–H and O–H groups in total. The van der Waals surface area contributed by atoms with Crippen molar-refractivity contribution in [2.45, 2.75) is 110 Å². The molecule has 1 aliphatic rings. The second-order valence-corrected chi connectivity index (χ2v) is 20.5. The quantitative estimate of drug-likeness (QED) is 0.256. The molecule has 0 aliphatic heterocycles. The zero-order valence-electron chi connectivity index (χ0n) is 20.0. The number of hydrogen-bond acceptors (Lipinski definition) is 4. The summed E-state index contributed by atoms with van der Waals surface area (Å²) in [5, 5.41) is 0.222. The molecule has 28 heavy (non-hydrogen) atoms. The van der Waals surface area contributed by atoms with E-state index in [-0.39, 0.29) is 22.1 Å². The molecule has 0 heterocycles. The van der Waals surface area contributed by atoms with Gasteiger partial charge in [-0.2, -0.15) is 0 Å². The Morgan fingerprint density at radius 3 is 1.96 bits per heavy atom. The van der Waals surface area contributed by atoms with E-state index in [2.05, 4.69) is 61.2 Å². The van der Waals surface area contributed by atoms with Crippen molar-refractivity contribution in [2.24, 2.45) is 0 Å². The van der Waals surface area contributed by atoms with Crippen LogP contribution in [-0.2, 0) is 18.4 Å². The van der Waals surface area contributed by atoms with Gasteiger partial charge in [-0.15, -0.1) is 0 Å². The minimum Gasteiger partial charge on any atom is -0.459 e. The number of ether oxygens (including phenoxy) is 1. The zero-order valence-corrected chi connectivity index (χ0v) is 22.0. The van der Waals surface area contributed by atoms with Crippen molar-refractivity contribution in [3.8, 4) is 0 Å². The van der Waals surface area contributed by atoms with E-state index in [1.807, 2.05) is 6.92 Å². The van der Waals surface area contributed by atoms with Crippen molar-refractivity contribution in [1.29, 1.82) is 0 Å². The summed E-state index contributed by atoms with van der Waals surface area (Å²) in [7, 11) is -4.00. The van der Waals surface area contributed by atoms with Crippen LogP contribution in [0.2, 0.25) is 29.7 Å². The van der Waals surface area contributed by atoms with E-state index in [0.717, 1.165) is 31.3 Å². The van der Waals surface area contributed by atoms with Gasteiger partial charge in [-0.05, 0) is 67.9 Å². The van der Waals surface area contributed by atoms with E-state index in [4.69, 9.17) is 13.6 Å². The Bertz CT molecular complexity index is 552. The third kappa shape index (κ3) is 7.43. The molecule has 0 bridgehead atoms. The van der Waals surface area contributed by atoms with Gasteiger partial charge in [-0.1, -0.05) is 41.5 Å². The van der Waals surface area contributed by atoms with Crippen LogP contribution in [0, 0.1) is 0 Å². The molecule has 0 amide bonds. The number of rotatable bonds is 8. The molecule has 164 valence electrons. The van der Waals surface area contributed by atoms with Crippen LogP contribution in [0.15, 0.2) is 11.6 Å². The second kappa shape index (κ2) is 9.58. The van der Waals surface area contributed by atoms with Gasteiger partial charge >= 0.3 is 5.97 Å². The average Bonchev–Trinajstić information content (AvgIpc) is 3.01. The molecule has 6 heteroatoms. The average molecular weight is 429 g/mol. The minimum atomic E-state index is -2.17. The summed E-state index contributed by atoms with van der Waals surface area (Å²) >= 11 is 0. The largest absolute Gasteiger partial charge is 0.459 e. The van der Waals surface area contributed by atoms with E-state index in [1.54, 1.807) is 6.08 Å². The van der Waals surface area contributed by atoms with Gasteiger partial charge in [-0.3, -0.25) is 0 Å². The summed E-state index contributed by atoms with van der Waals surface area (Å²) in [6.45, 7) is 22.7. The lowest BCUT2D eigenvalue weighted by Gasteiger charge is -2.43. The summed E-state index contributed by atoms with van der Waals surface area (Å²) in [6, 6.07) is 0. The number of hydrogen-bond donors (Lipinski definition) is 0. The Balaban J connectivity index is 2.72. The van der Waals surface area contributed by atoms with Gasteiger partial charge in [0.2, 0.25) is 8.32 Å². The molecule has 0 saturated heterocycles. The molecule has 0 aromatic rings. The predicted octanol–water partition coefficient (Wildman–Crippen LogP) is 6.37. The second-order valence-electron chi connectivity index (χ2n) is 11.2. The molecule has 1 fully saturated rings. The van der Waals surface area contributed by atoms with Crippen molar-refractivity contribution in [3.63, 3.8) is 0 Å². The SMILES string of the molecule is C/C(=C\C(=O)OC1CCCC1)CO[Si](C)(CO[Si](C)(C)C(C)(C)C)C(C)(C)C. The highest BCUT2D eigenvalue weighted by atomic mass is 28.4. The summed E-state index contributed by atoms with van der Waals surface area (Å²) in [6.07, 6.45) is 6.70. The molecule has 1 unspecified atom stereocenters. The van der Waals surface area contributed by atoms with Crippen LogP contribution in [0.25, 0.3) is 0 Å². The summed E-state index contributed by atoms with van der Waals surface area (Å²) in [5.41, 5.74) is 0.915. The monoisotopic (exact) mass is 428 g/mol. The molecule has 4 nitrogen and oxygen atoms in total. The topological polar surface area (TPSA) is 44.8 Å². The molecule has 0 aromatic carbocycles. The van der Waals surface area contributed by atoms with Gasteiger partial charge in [0.15, 0.2) is 8.32 Å². The Hall–Kier alpha value is -0.436. The van der Waals surface area contributed by atoms with Crippen molar-refractivity contribution in [1.82, 2.24) is 0 Å². The lowest BCUT2D eigenvalue weighted by molar-refractivity contribution is -0.142. The highest BCUT2D eigenvalue weighted by Gasteiger charge is 2.46. The van der Waals surface area contributed by atoms with Crippen LogP contribution in [0.1, 0.15) is 74.1 Å². The van der Waals surface area contributed by atoms with Crippen molar-refractivity contribution in [3.05, 3.63) is 11.6 Å². The summed E-state index contributed by atoms with van der Waals surface area (Å²) < 4.78 is 18.6. The molecular formula is C22H44O4Si2. The Morgan fingerprint density at radius 2 is 1.50 bits per heavy atom. The normalized spacial score (nSPS) is 19.6. The molecule has 1 atom stereocenters. The van der Waals surface area contributed by atoms with Crippen LogP contribution < -0.4 is 0 Å². The van der Waals surface area contributed by atoms with Crippen LogP contribution in [0.3, 0.4) is 0 Å². The first-order chi connectivity index (χ1) is 12.6. The van der Waals surface area contributed by atoms with E-state index in [1.165, 1.54) is 0 Å². The first kappa shape index (κ1) is 25.6. The van der Waals surface area contributed by atoms with Gasteiger partial charge in [0, 0.05) is 6.08 Å². The van der Waals surface area contributed by atoms with Gasteiger partial charge in [0.25, 0.3) is 0 Å². The molecular weight excluding hydrogens is 384 g/mol. The third-order valence-corrected chi connectivity index (χ3v) is 16.1. The molecule has 1 saturated carbocycles. The summed E-state index contributed by atoms with van der Waals surface area (Å²) in [4.78, 5) is 12.1. The lowest BCUT2D eigenvalue weighted by atomic mass is 10.2. The Kier molecular flexibility index (Phi) is 8.76. The standard InChI is InChI=1S/C22H44O4Si2/c1-18(15-20(23)26-19-13-11-12-14-19)16-24-28(10,22(5,6)7)17-25-27(8,9)21(2,3)4/h15,19H,11-14,16-17H2,1-10H3/b18-15+. The smallest absolute Gasteiger partial charge is 0.331 e. The van der Waals surface area contributed by atoms with Crippen molar-refractivity contribution < 1.29 is 18.4 Å². The fraction of sp³-hybridized carbons (Fsp3) is 0.864. The number of esters is 1. The molecule has 1 rings (SSSR count). The van der Waals surface area contributed by atoms with Crippen LogP contribution in [-0.4, -0.2) is 41.5 Å². The Morgan fingerprint density at radius 1 is 0.964 bits per heavy atom. The molecule has 0 aromatic heterocycles. The number of carbonyl (C=O) groups excluding carboxylic acids is 1. The maximum atomic E-state index is 12.1. The van der Waals surface area contributed by atoms with Gasteiger partial charge < -0.3 is 13.6 Å². The lowest BCUT2D eigenvalue weighted by Crippen LogP contribution is -2.53. The predicted molar refractivity (Wildman–Crippen MR) is 123 cm³/mol. The van der Waals surface area contributed by atoms with Crippen molar-refractivity contribution >= 4 is 22.6 Å².